The number of rotatable bonds is 5. The van der Waals surface area contributed by atoms with Gasteiger partial charge in [-0.15, -0.1) is 11.3 Å². The Hall–Kier alpha value is -2.46. The fraction of sp³-hybridized carbons (Fsp3) is 0.600. The maximum atomic E-state index is 13.0. The van der Waals surface area contributed by atoms with Crippen LogP contribution in [0.3, 0.4) is 0 Å². The van der Waals surface area contributed by atoms with Crippen LogP contribution in [0.1, 0.15) is 51.0 Å². The Morgan fingerprint density at radius 1 is 1.37 bits per heavy atom. The molecule has 1 saturated heterocycles. The highest BCUT2D eigenvalue weighted by molar-refractivity contribution is 7.20. The van der Waals surface area contributed by atoms with Crippen LogP contribution in [0.5, 0.6) is 0 Å². The Morgan fingerprint density at radius 2 is 2.07 bits per heavy atom. The minimum atomic E-state index is -1.17. The lowest BCUT2D eigenvalue weighted by Gasteiger charge is -2.27. The smallest absolute Gasteiger partial charge is 0.428 e. The third-order valence-electron chi connectivity index (χ3n) is 5.16. The van der Waals surface area contributed by atoms with Crippen molar-refractivity contribution in [1.29, 1.82) is 0 Å². The molecule has 1 fully saturated rings. The van der Waals surface area contributed by atoms with Crippen molar-refractivity contribution >= 4 is 33.9 Å². The van der Waals surface area contributed by atoms with Crippen molar-refractivity contribution in [3.8, 4) is 0 Å². The fourth-order valence-corrected chi connectivity index (χ4v) is 4.75. The summed E-state index contributed by atoms with van der Waals surface area (Å²) in [7, 11) is 0. The zero-order valence-corrected chi connectivity index (χ0v) is 18.8. The van der Waals surface area contributed by atoms with E-state index in [-0.39, 0.29) is 23.9 Å². The van der Waals surface area contributed by atoms with Gasteiger partial charge in [-0.05, 0) is 53.0 Å². The number of fused-ring (bicyclic) bond motifs is 1. The molecule has 30 heavy (non-hydrogen) atoms. The highest BCUT2D eigenvalue weighted by atomic mass is 32.1. The molecule has 164 valence electrons. The van der Waals surface area contributed by atoms with E-state index in [1.807, 2.05) is 0 Å². The van der Waals surface area contributed by atoms with E-state index in [9.17, 15) is 19.5 Å². The molecule has 1 aliphatic heterocycles. The first-order chi connectivity index (χ1) is 14.1. The molecule has 0 radical (unpaired) electrons. The van der Waals surface area contributed by atoms with E-state index in [0.29, 0.717) is 33.8 Å². The van der Waals surface area contributed by atoms with E-state index in [2.05, 4.69) is 5.10 Å². The van der Waals surface area contributed by atoms with Gasteiger partial charge in [0.15, 0.2) is 0 Å². The highest BCUT2D eigenvalue weighted by Gasteiger charge is 2.26. The van der Waals surface area contributed by atoms with Gasteiger partial charge in [0, 0.05) is 13.2 Å². The molecule has 1 amide bonds. The van der Waals surface area contributed by atoms with Crippen LogP contribution < -0.4 is 11.2 Å². The molecule has 1 N–H and O–H groups in total. The van der Waals surface area contributed by atoms with Gasteiger partial charge in [0.2, 0.25) is 0 Å². The number of hydrogen-bond donors (Lipinski definition) is 1. The lowest BCUT2D eigenvalue weighted by Crippen LogP contribution is -2.41. The zero-order chi connectivity index (χ0) is 22.2. The number of aromatic nitrogens is 2. The number of nitrogens with zero attached hydrogens (tertiary/aromatic N) is 4. The number of hydrazone groups is 1. The lowest BCUT2D eigenvalue weighted by molar-refractivity contribution is 0.0966. The molecular formula is C20H28N4O5S. The number of thiophene rings is 1. The van der Waals surface area contributed by atoms with Crippen molar-refractivity contribution in [2.75, 3.05) is 6.61 Å². The van der Waals surface area contributed by atoms with Gasteiger partial charge in [-0.2, -0.15) is 10.1 Å². The van der Waals surface area contributed by atoms with Gasteiger partial charge in [-0.25, -0.2) is 9.59 Å². The average molecular weight is 437 g/mol. The predicted octanol–water partition coefficient (Wildman–Crippen LogP) is 2.84. The van der Waals surface area contributed by atoms with Crippen LogP contribution in [0.2, 0.25) is 0 Å². The standard InChI is InChI=1S/C20H28N4O5S/c1-6-22-16(25)15-12(2)14(10-21-24(19(27)28)20(3,4)5)30-17(15)23(18(22)26)11-13-8-7-9-29-13/h10,13H,6-9,11H2,1-5H3,(H,27,28)/b21-10+. The maximum Gasteiger partial charge on any atom is 0.428 e. The minimum absolute atomic E-state index is 0.0587. The largest absolute Gasteiger partial charge is 0.464 e. The molecule has 2 aromatic heterocycles. The normalized spacial score (nSPS) is 17.3. The van der Waals surface area contributed by atoms with E-state index in [0.717, 1.165) is 17.9 Å². The van der Waals surface area contributed by atoms with Crippen LogP contribution in [0.15, 0.2) is 14.7 Å². The highest BCUT2D eigenvalue weighted by Crippen LogP contribution is 2.28. The van der Waals surface area contributed by atoms with Crippen molar-refractivity contribution < 1.29 is 14.6 Å². The molecule has 1 aliphatic rings. The summed E-state index contributed by atoms with van der Waals surface area (Å²) in [5.74, 6) is 0. The zero-order valence-electron chi connectivity index (χ0n) is 18.0. The van der Waals surface area contributed by atoms with Gasteiger partial charge < -0.3 is 9.84 Å². The van der Waals surface area contributed by atoms with Gasteiger partial charge in [-0.1, -0.05) is 0 Å². The topological polar surface area (TPSA) is 106 Å². The van der Waals surface area contributed by atoms with Crippen molar-refractivity contribution in [1.82, 2.24) is 14.1 Å². The molecule has 0 spiro atoms. The lowest BCUT2D eigenvalue weighted by atomic mass is 10.1. The molecule has 1 unspecified atom stereocenters. The molecule has 0 aromatic carbocycles. The third-order valence-corrected chi connectivity index (χ3v) is 6.41. The summed E-state index contributed by atoms with van der Waals surface area (Å²) in [4.78, 5) is 38.7. The number of hydrogen-bond acceptors (Lipinski definition) is 6. The summed E-state index contributed by atoms with van der Waals surface area (Å²) in [6.45, 7) is 10.1. The van der Waals surface area contributed by atoms with E-state index in [4.69, 9.17) is 4.74 Å². The molecule has 0 bridgehead atoms. The summed E-state index contributed by atoms with van der Waals surface area (Å²) < 4.78 is 8.55. The predicted molar refractivity (Wildman–Crippen MR) is 117 cm³/mol. The summed E-state index contributed by atoms with van der Waals surface area (Å²) in [5, 5.41) is 15.0. The summed E-state index contributed by atoms with van der Waals surface area (Å²) in [5.41, 5.74) is -0.715. The van der Waals surface area contributed by atoms with Crippen molar-refractivity contribution in [2.24, 2.45) is 5.10 Å². The summed E-state index contributed by atoms with van der Waals surface area (Å²) in [6.07, 6.45) is 2.06. The Balaban J connectivity index is 2.17. The molecule has 1 atom stereocenters. The SMILES string of the molecule is CCn1c(=O)c2c(C)c(/C=N/N(C(=O)O)C(C)(C)C)sc2n(CC2CCCO2)c1=O. The van der Waals surface area contributed by atoms with Gasteiger partial charge in [0.1, 0.15) is 4.83 Å². The second-order valence-corrected chi connectivity index (χ2v) is 9.39. The Morgan fingerprint density at radius 3 is 2.60 bits per heavy atom. The second kappa shape index (κ2) is 8.35. The summed E-state index contributed by atoms with van der Waals surface area (Å²) in [6, 6.07) is 0. The van der Waals surface area contributed by atoms with E-state index < -0.39 is 11.6 Å². The molecule has 3 heterocycles. The van der Waals surface area contributed by atoms with Crippen LogP contribution in [-0.2, 0) is 17.8 Å². The second-order valence-electron chi connectivity index (χ2n) is 8.36. The Bertz CT molecular complexity index is 1100. The number of ether oxygens (including phenoxy) is 1. The molecule has 10 heteroatoms. The summed E-state index contributed by atoms with van der Waals surface area (Å²) >= 11 is 1.27. The van der Waals surface area contributed by atoms with Gasteiger partial charge in [0.25, 0.3) is 5.56 Å². The fourth-order valence-electron chi connectivity index (χ4n) is 3.59. The molecule has 0 saturated carbocycles. The van der Waals surface area contributed by atoms with Crippen LogP contribution in [0, 0.1) is 6.92 Å². The quantitative estimate of drug-likeness (QED) is 0.573. The minimum Gasteiger partial charge on any atom is -0.464 e. The van der Waals surface area contributed by atoms with Gasteiger partial charge >= 0.3 is 11.8 Å². The number of amides is 1. The van der Waals surface area contributed by atoms with Crippen molar-refractivity contribution in [2.45, 2.75) is 72.2 Å². The van der Waals surface area contributed by atoms with Crippen LogP contribution in [0.4, 0.5) is 4.79 Å². The van der Waals surface area contributed by atoms with Gasteiger partial charge in [0.05, 0.1) is 34.7 Å². The maximum absolute atomic E-state index is 13.0. The van der Waals surface area contributed by atoms with Gasteiger partial charge in [-0.3, -0.25) is 13.9 Å². The number of carboxylic acid groups (broad SMARTS) is 1. The first-order valence-electron chi connectivity index (χ1n) is 10.0. The average Bonchev–Trinajstić information content (AvgIpc) is 3.26. The van der Waals surface area contributed by atoms with Crippen LogP contribution >= 0.6 is 11.3 Å². The van der Waals surface area contributed by atoms with E-state index in [1.54, 1.807) is 39.2 Å². The van der Waals surface area contributed by atoms with Crippen LogP contribution in [0.25, 0.3) is 10.2 Å². The molecule has 0 aliphatic carbocycles. The third kappa shape index (κ3) is 4.06. The molecule has 2 aromatic rings. The first kappa shape index (κ1) is 22.2. The van der Waals surface area contributed by atoms with E-state index >= 15 is 0 Å². The molecule has 3 rings (SSSR count). The first-order valence-corrected chi connectivity index (χ1v) is 10.8. The Labute approximate surface area is 178 Å². The van der Waals surface area contributed by atoms with Crippen molar-refractivity contribution in [3.63, 3.8) is 0 Å². The van der Waals surface area contributed by atoms with E-state index in [1.165, 1.54) is 22.1 Å². The number of aryl methyl sites for hydroxylation is 1. The Kier molecular flexibility index (Phi) is 6.19. The van der Waals surface area contributed by atoms with Crippen LogP contribution in [-0.4, -0.2) is 49.8 Å². The molecular weight excluding hydrogens is 408 g/mol. The number of carbonyl (C=O) groups is 1. The van der Waals surface area contributed by atoms with Crippen molar-refractivity contribution in [3.05, 3.63) is 31.3 Å². The monoisotopic (exact) mass is 436 g/mol. The molecule has 9 nitrogen and oxygen atoms in total.